The summed E-state index contributed by atoms with van der Waals surface area (Å²) in [6, 6.07) is 1.95. The third-order valence-corrected chi connectivity index (χ3v) is 2.79. The van der Waals surface area contributed by atoms with E-state index in [0.29, 0.717) is 17.9 Å². The topological polar surface area (TPSA) is 42.1 Å². The van der Waals surface area contributed by atoms with Crippen LogP contribution >= 0.6 is 0 Å². The Bertz CT molecular complexity index is 447. The number of unbranched alkanes of at least 4 members (excludes halogenated alkanes) is 1. The van der Waals surface area contributed by atoms with Gasteiger partial charge < -0.3 is 9.72 Å². The molecule has 0 saturated carbocycles. The second-order valence-corrected chi connectivity index (χ2v) is 4.14. The lowest BCUT2D eigenvalue weighted by Gasteiger charge is -2.12. The molecule has 122 valence electrons. The Labute approximate surface area is 130 Å². The van der Waals surface area contributed by atoms with E-state index in [9.17, 15) is 4.79 Å². The van der Waals surface area contributed by atoms with Crippen molar-refractivity contribution in [3.05, 3.63) is 39.8 Å². The summed E-state index contributed by atoms with van der Waals surface area (Å²) in [5, 5.41) is 0. The molecule has 0 aliphatic carbocycles. The molecule has 0 spiro atoms. The molecule has 0 unspecified atom stereocenters. The zero-order valence-corrected chi connectivity index (χ0v) is 14.9. The van der Waals surface area contributed by atoms with Crippen molar-refractivity contribution < 1.29 is 4.74 Å². The van der Waals surface area contributed by atoms with Crippen LogP contribution in [0, 0.1) is 6.92 Å². The van der Waals surface area contributed by atoms with E-state index in [1.807, 2.05) is 40.7 Å². The predicted octanol–water partition coefficient (Wildman–Crippen LogP) is 5.09. The number of aromatic nitrogens is 1. The standard InChI is InChI=1S/C14H21NO2.2C2H6/c1-5-7-8-17-11(4)13-9-12(6-2)15-14(16)10(13)3;2*1-2/h9H,4-8H2,1-3H3,(H,15,16);2*1-2H3. The molecule has 3 heteroatoms. The van der Waals surface area contributed by atoms with Gasteiger partial charge in [0.2, 0.25) is 0 Å². The van der Waals surface area contributed by atoms with Crippen LogP contribution in [-0.4, -0.2) is 11.6 Å². The second kappa shape index (κ2) is 13.5. The molecule has 1 N–H and O–H groups in total. The Morgan fingerprint density at radius 3 is 2.29 bits per heavy atom. The van der Waals surface area contributed by atoms with Crippen molar-refractivity contribution >= 4 is 5.76 Å². The van der Waals surface area contributed by atoms with E-state index in [1.165, 1.54) is 0 Å². The monoisotopic (exact) mass is 295 g/mol. The summed E-state index contributed by atoms with van der Waals surface area (Å²) in [5.41, 5.74) is 2.35. The van der Waals surface area contributed by atoms with E-state index in [4.69, 9.17) is 4.74 Å². The van der Waals surface area contributed by atoms with Crippen molar-refractivity contribution in [3.63, 3.8) is 0 Å². The van der Waals surface area contributed by atoms with Gasteiger partial charge in [-0.25, -0.2) is 0 Å². The molecule has 0 aromatic carbocycles. The van der Waals surface area contributed by atoms with Crippen LogP contribution in [-0.2, 0) is 11.2 Å². The maximum absolute atomic E-state index is 11.7. The maximum atomic E-state index is 11.7. The molecule has 0 aliphatic heterocycles. The highest BCUT2D eigenvalue weighted by Crippen LogP contribution is 2.17. The number of hydrogen-bond acceptors (Lipinski definition) is 2. The van der Waals surface area contributed by atoms with Gasteiger partial charge in [-0.3, -0.25) is 4.79 Å². The van der Waals surface area contributed by atoms with Crippen molar-refractivity contribution in [1.82, 2.24) is 4.98 Å². The summed E-state index contributed by atoms with van der Waals surface area (Å²) in [5.74, 6) is 0.594. The summed E-state index contributed by atoms with van der Waals surface area (Å²) < 4.78 is 5.56. The summed E-state index contributed by atoms with van der Waals surface area (Å²) in [6.45, 7) is 18.5. The molecule has 0 amide bonds. The zero-order valence-electron chi connectivity index (χ0n) is 14.9. The van der Waals surface area contributed by atoms with Gasteiger partial charge in [-0.1, -0.05) is 54.5 Å². The van der Waals surface area contributed by atoms with E-state index in [0.717, 1.165) is 30.5 Å². The smallest absolute Gasteiger partial charge is 0.251 e. The third kappa shape index (κ3) is 7.74. The Balaban J connectivity index is 0. The summed E-state index contributed by atoms with van der Waals surface area (Å²) in [4.78, 5) is 14.5. The van der Waals surface area contributed by atoms with Crippen LogP contribution in [0.15, 0.2) is 17.4 Å². The molecule has 3 nitrogen and oxygen atoms in total. The fourth-order valence-corrected chi connectivity index (χ4v) is 1.58. The average Bonchev–Trinajstić information content (AvgIpc) is 2.53. The SMILES string of the molecule is C=C(OCCCC)c1cc(CC)[nH]c(=O)c1C.CC.CC. The van der Waals surface area contributed by atoms with Crippen LogP contribution in [0.2, 0.25) is 0 Å². The molecular formula is C18H33NO2. The number of aryl methyl sites for hydroxylation is 1. The zero-order chi connectivity index (χ0) is 16.8. The minimum atomic E-state index is -0.0559. The molecule has 0 atom stereocenters. The van der Waals surface area contributed by atoms with Crippen LogP contribution in [0.25, 0.3) is 5.76 Å². The van der Waals surface area contributed by atoms with Crippen molar-refractivity contribution in [2.45, 2.75) is 67.7 Å². The highest BCUT2D eigenvalue weighted by Gasteiger charge is 2.09. The number of ether oxygens (including phenoxy) is 1. The fraction of sp³-hybridized carbons (Fsp3) is 0.611. The molecule has 1 heterocycles. The van der Waals surface area contributed by atoms with Crippen LogP contribution in [0.3, 0.4) is 0 Å². The largest absolute Gasteiger partial charge is 0.494 e. The lowest BCUT2D eigenvalue weighted by molar-refractivity contribution is 0.271. The number of hydrogen-bond donors (Lipinski definition) is 1. The van der Waals surface area contributed by atoms with Gasteiger partial charge in [-0.15, -0.1) is 0 Å². The molecule has 0 saturated heterocycles. The van der Waals surface area contributed by atoms with Gasteiger partial charge in [0.1, 0.15) is 5.76 Å². The molecule has 0 bridgehead atoms. The van der Waals surface area contributed by atoms with E-state index in [-0.39, 0.29) is 5.56 Å². The number of aromatic amines is 1. The van der Waals surface area contributed by atoms with Crippen LogP contribution < -0.4 is 5.56 Å². The van der Waals surface area contributed by atoms with E-state index in [1.54, 1.807) is 6.92 Å². The highest BCUT2D eigenvalue weighted by atomic mass is 16.5. The van der Waals surface area contributed by atoms with Gasteiger partial charge in [-0.2, -0.15) is 0 Å². The summed E-state index contributed by atoms with van der Waals surface area (Å²) in [6.07, 6.45) is 2.88. The van der Waals surface area contributed by atoms with Crippen LogP contribution in [0.4, 0.5) is 0 Å². The first-order chi connectivity index (χ1) is 10.1. The Morgan fingerprint density at radius 1 is 1.24 bits per heavy atom. The van der Waals surface area contributed by atoms with Crippen molar-refractivity contribution in [3.8, 4) is 0 Å². The van der Waals surface area contributed by atoms with Gasteiger partial charge in [-0.05, 0) is 25.8 Å². The Morgan fingerprint density at radius 2 is 1.81 bits per heavy atom. The number of rotatable bonds is 6. The van der Waals surface area contributed by atoms with Crippen LogP contribution in [0.5, 0.6) is 0 Å². The van der Waals surface area contributed by atoms with Gasteiger partial charge >= 0.3 is 0 Å². The first-order valence-electron chi connectivity index (χ1n) is 8.15. The lowest BCUT2D eigenvalue weighted by atomic mass is 10.1. The van der Waals surface area contributed by atoms with Gasteiger partial charge in [0.25, 0.3) is 5.56 Å². The molecule has 0 fully saturated rings. The molecular weight excluding hydrogens is 262 g/mol. The first kappa shape index (κ1) is 21.8. The third-order valence-electron chi connectivity index (χ3n) is 2.79. The molecule has 21 heavy (non-hydrogen) atoms. The first-order valence-corrected chi connectivity index (χ1v) is 8.15. The van der Waals surface area contributed by atoms with E-state index >= 15 is 0 Å². The van der Waals surface area contributed by atoms with Gasteiger partial charge in [0.15, 0.2) is 0 Å². The van der Waals surface area contributed by atoms with Gasteiger partial charge in [0, 0.05) is 16.8 Å². The average molecular weight is 295 g/mol. The van der Waals surface area contributed by atoms with Crippen molar-refractivity contribution in [2.24, 2.45) is 0 Å². The normalized spacial score (nSPS) is 8.90. The van der Waals surface area contributed by atoms with Crippen molar-refractivity contribution in [2.75, 3.05) is 6.61 Å². The highest BCUT2D eigenvalue weighted by molar-refractivity contribution is 5.60. The van der Waals surface area contributed by atoms with Crippen molar-refractivity contribution in [1.29, 1.82) is 0 Å². The number of H-pyrrole nitrogens is 1. The molecule has 0 radical (unpaired) electrons. The maximum Gasteiger partial charge on any atom is 0.251 e. The van der Waals surface area contributed by atoms with E-state index in [2.05, 4.69) is 18.5 Å². The number of pyridine rings is 1. The van der Waals surface area contributed by atoms with Gasteiger partial charge in [0.05, 0.1) is 6.61 Å². The molecule has 1 aromatic heterocycles. The number of nitrogens with one attached hydrogen (secondary N) is 1. The predicted molar refractivity (Wildman–Crippen MR) is 93.8 cm³/mol. The molecule has 1 aromatic rings. The second-order valence-electron chi connectivity index (χ2n) is 4.14. The lowest BCUT2D eigenvalue weighted by Crippen LogP contribution is -2.15. The quantitative estimate of drug-likeness (QED) is 0.587. The molecule has 0 aliphatic rings. The molecule has 1 rings (SSSR count). The Kier molecular flexibility index (Phi) is 14.0. The van der Waals surface area contributed by atoms with Crippen LogP contribution in [0.1, 0.15) is 71.2 Å². The summed E-state index contributed by atoms with van der Waals surface area (Å²) in [7, 11) is 0. The van der Waals surface area contributed by atoms with E-state index < -0.39 is 0 Å². The minimum absolute atomic E-state index is 0.0559. The minimum Gasteiger partial charge on any atom is -0.494 e. The Hall–Kier alpha value is -1.51. The summed E-state index contributed by atoms with van der Waals surface area (Å²) >= 11 is 0. The fourth-order valence-electron chi connectivity index (χ4n) is 1.58.